The fraction of sp³-hybridized carbons (Fsp3) is 0.867. The molecule has 4 nitrogen and oxygen atoms in total. The number of nitrogens with one attached hydrogen (secondary N) is 1. The Morgan fingerprint density at radius 2 is 1.79 bits per heavy atom. The zero-order chi connectivity index (χ0) is 14.4. The minimum atomic E-state index is -0.927. The van der Waals surface area contributed by atoms with E-state index in [1.165, 1.54) is 6.42 Å². The second kappa shape index (κ2) is 7.51. The Hall–Kier alpha value is -1.06. The van der Waals surface area contributed by atoms with Crippen LogP contribution in [0.1, 0.15) is 59.3 Å². The van der Waals surface area contributed by atoms with Crippen LogP contribution in [0.3, 0.4) is 0 Å². The van der Waals surface area contributed by atoms with Crippen LogP contribution < -0.4 is 5.32 Å². The molecule has 1 rings (SSSR count). The van der Waals surface area contributed by atoms with Gasteiger partial charge in [0.15, 0.2) is 0 Å². The second-order valence-electron chi connectivity index (χ2n) is 6.15. The van der Waals surface area contributed by atoms with Gasteiger partial charge in [-0.2, -0.15) is 0 Å². The normalized spacial score (nSPS) is 25.1. The largest absolute Gasteiger partial charge is 0.480 e. The highest BCUT2D eigenvalue weighted by Gasteiger charge is 2.29. The zero-order valence-electron chi connectivity index (χ0n) is 12.3. The first-order valence-electron chi connectivity index (χ1n) is 7.47. The molecule has 0 spiro atoms. The molecule has 110 valence electrons. The number of amides is 1. The number of hydrogen-bond acceptors (Lipinski definition) is 2. The molecule has 2 N–H and O–H groups in total. The third-order valence-electron chi connectivity index (χ3n) is 4.12. The lowest BCUT2D eigenvalue weighted by Crippen LogP contribution is -2.45. The monoisotopic (exact) mass is 269 g/mol. The van der Waals surface area contributed by atoms with Gasteiger partial charge in [-0.05, 0) is 43.9 Å². The van der Waals surface area contributed by atoms with E-state index in [9.17, 15) is 9.59 Å². The lowest BCUT2D eigenvalue weighted by atomic mass is 9.80. The van der Waals surface area contributed by atoms with E-state index in [2.05, 4.69) is 12.2 Å². The molecule has 19 heavy (non-hydrogen) atoms. The highest BCUT2D eigenvalue weighted by atomic mass is 16.4. The highest BCUT2D eigenvalue weighted by Crippen LogP contribution is 2.30. The summed E-state index contributed by atoms with van der Waals surface area (Å²) in [5.74, 6) is 0.0240. The van der Waals surface area contributed by atoms with Crippen LogP contribution in [0.15, 0.2) is 0 Å². The van der Waals surface area contributed by atoms with Gasteiger partial charge in [0.2, 0.25) is 5.91 Å². The first-order chi connectivity index (χ1) is 8.93. The Morgan fingerprint density at radius 1 is 1.21 bits per heavy atom. The molecule has 1 aliphatic rings. The van der Waals surface area contributed by atoms with Crippen LogP contribution in [0.4, 0.5) is 0 Å². The molecule has 1 fully saturated rings. The van der Waals surface area contributed by atoms with Gasteiger partial charge in [-0.25, -0.2) is 4.79 Å². The van der Waals surface area contributed by atoms with Crippen LogP contribution in [0.2, 0.25) is 0 Å². The van der Waals surface area contributed by atoms with Gasteiger partial charge in [0.05, 0.1) is 0 Å². The molecule has 0 radical (unpaired) electrons. The smallest absolute Gasteiger partial charge is 0.326 e. The van der Waals surface area contributed by atoms with Gasteiger partial charge in [0.25, 0.3) is 0 Å². The molecule has 0 aliphatic heterocycles. The number of rotatable bonds is 6. The van der Waals surface area contributed by atoms with Crippen molar-refractivity contribution in [2.24, 2.45) is 17.8 Å². The standard InChI is InChI=1S/C15H27NO3/c1-4-11-5-7-12(8-6-11)14(17)16-13(15(18)19)9-10(2)3/h10-13H,4-9H2,1-3H3,(H,16,17)(H,18,19). The molecule has 0 heterocycles. The van der Waals surface area contributed by atoms with Crippen LogP contribution in [0, 0.1) is 17.8 Å². The van der Waals surface area contributed by atoms with Crippen molar-refractivity contribution in [3.8, 4) is 0 Å². The summed E-state index contributed by atoms with van der Waals surface area (Å²) in [5.41, 5.74) is 0. The Labute approximate surface area is 116 Å². The summed E-state index contributed by atoms with van der Waals surface area (Å²) < 4.78 is 0. The molecule has 0 bridgehead atoms. The number of carbonyl (C=O) groups excluding carboxylic acids is 1. The SMILES string of the molecule is CCC1CCC(C(=O)NC(CC(C)C)C(=O)O)CC1. The Balaban J connectivity index is 2.46. The van der Waals surface area contributed by atoms with E-state index in [1.807, 2.05) is 13.8 Å². The quantitative estimate of drug-likeness (QED) is 0.779. The van der Waals surface area contributed by atoms with Crippen LogP contribution >= 0.6 is 0 Å². The van der Waals surface area contributed by atoms with E-state index in [0.717, 1.165) is 31.6 Å². The molecule has 1 saturated carbocycles. The van der Waals surface area contributed by atoms with Crippen molar-refractivity contribution < 1.29 is 14.7 Å². The van der Waals surface area contributed by atoms with Crippen molar-refractivity contribution in [3.05, 3.63) is 0 Å². The first-order valence-corrected chi connectivity index (χ1v) is 7.47. The predicted molar refractivity (Wildman–Crippen MR) is 74.8 cm³/mol. The van der Waals surface area contributed by atoms with E-state index < -0.39 is 12.0 Å². The van der Waals surface area contributed by atoms with Crippen molar-refractivity contribution in [1.29, 1.82) is 0 Å². The van der Waals surface area contributed by atoms with Gasteiger partial charge in [-0.1, -0.05) is 27.2 Å². The molecule has 0 aromatic heterocycles. The molecule has 1 unspecified atom stereocenters. The summed E-state index contributed by atoms with van der Waals surface area (Å²) in [4.78, 5) is 23.3. The topological polar surface area (TPSA) is 66.4 Å². The van der Waals surface area contributed by atoms with E-state index >= 15 is 0 Å². The van der Waals surface area contributed by atoms with Crippen LogP contribution in [-0.2, 0) is 9.59 Å². The molecule has 1 aliphatic carbocycles. The maximum absolute atomic E-state index is 12.1. The molecule has 0 aromatic rings. The minimum absolute atomic E-state index is 0.0109. The lowest BCUT2D eigenvalue weighted by Gasteiger charge is -2.28. The Kier molecular flexibility index (Phi) is 6.32. The summed E-state index contributed by atoms with van der Waals surface area (Å²) in [6.45, 7) is 6.12. The predicted octanol–water partition coefficient (Wildman–Crippen LogP) is 2.82. The number of hydrogen-bond donors (Lipinski definition) is 2. The molecule has 1 atom stereocenters. The maximum Gasteiger partial charge on any atom is 0.326 e. The molecule has 0 saturated heterocycles. The van der Waals surface area contributed by atoms with Gasteiger partial charge in [-0.15, -0.1) is 0 Å². The van der Waals surface area contributed by atoms with E-state index in [-0.39, 0.29) is 17.7 Å². The van der Waals surface area contributed by atoms with Crippen LogP contribution in [0.5, 0.6) is 0 Å². The fourth-order valence-electron chi connectivity index (χ4n) is 2.82. The average molecular weight is 269 g/mol. The van der Waals surface area contributed by atoms with Crippen molar-refractivity contribution in [2.45, 2.75) is 65.3 Å². The Morgan fingerprint density at radius 3 is 2.21 bits per heavy atom. The molecular weight excluding hydrogens is 242 g/mol. The number of aliphatic carboxylic acids is 1. The lowest BCUT2D eigenvalue weighted by molar-refractivity contribution is -0.143. The molecule has 4 heteroatoms. The summed E-state index contributed by atoms with van der Waals surface area (Å²) in [5, 5.41) is 11.8. The van der Waals surface area contributed by atoms with Crippen LogP contribution in [-0.4, -0.2) is 23.0 Å². The van der Waals surface area contributed by atoms with Crippen molar-refractivity contribution in [2.75, 3.05) is 0 Å². The Bertz CT molecular complexity index is 307. The first kappa shape index (κ1) is 16.0. The van der Waals surface area contributed by atoms with Crippen molar-refractivity contribution in [1.82, 2.24) is 5.32 Å². The van der Waals surface area contributed by atoms with Gasteiger partial charge in [0.1, 0.15) is 6.04 Å². The van der Waals surface area contributed by atoms with E-state index in [4.69, 9.17) is 5.11 Å². The van der Waals surface area contributed by atoms with Crippen molar-refractivity contribution in [3.63, 3.8) is 0 Å². The second-order valence-corrected chi connectivity index (χ2v) is 6.15. The highest BCUT2D eigenvalue weighted by molar-refractivity contribution is 5.85. The molecule has 1 amide bonds. The average Bonchev–Trinajstić information content (AvgIpc) is 2.37. The van der Waals surface area contributed by atoms with Crippen molar-refractivity contribution >= 4 is 11.9 Å². The molecule has 0 aromatic carbocycles. The third kappa shape index (κ3) is 5.21. The summed E-state index contributed by atoms with van der Waals surface area (Å²) in [6, 6.07) is -0.739. The summed E-state index contributed by atoms with van der Waals surface area (Å²) >= 11 is 0. The fourth-order valence-corrected chi connectivity index (χ4v) is 2.82. The van der Waals surface area contributed by atoms with Gasteiger partial charge in [0, 0.05) is 5.92 Å². The summed E-state index contributed by atoms with van der Waals surface area (Å²) in [7, 11) is 0. The maximum atomic E-state index is 12.1. The number of carboxylic acid groups (broad SMARTS) is 1. The third-order valence-corrected chi connectivity index (χ3v) is 4.12. The number of carboxylic acids is 1. The van der Waals surface area contributed by atoms with E-state index in [0.29, 0.717) is 6.42 Å². The van der Waals surface area contributed by atoms with E-state index in [1.54, 1.807) is 0 Å². The minimum Gasteiger partial charge on any atom is -0.480 e. The van der Waals surface area contributed by atoms with Gasteiger partial charge in [-0.3, -0.25) is 4.79 Å². The zero-order valence-corrected chi connectivity index (χ0v) is 12.3. The number of carbonyl (C=O) groups is 2. The van der Waals surface area contributed by atoms with Crippen LogP contribution in [0.25, 0.3) is 0 Å². The van der Waals surface area contributed by atoms with Gasteiger partial charge < -0.3 is 10.4 Å². The van der Waals surface area contributed by atoms with Gasteiger partial charge >= 0.3 is 5.97 Å². The molecular formula is C15H27NO3. The summed E-state index contributed by atoms with van der Waals surface area (Å²) in [6.07, 6.45) is 5.66.